The Labute approximate surface area is 314 Å². The fourth-order valence-corrected chi connectivity index (χ4v) is 4.37. The first kappa shape index (κ1) is 46.8. The minimum Gasteiger partial charge on any atom is -0.390 e. The van der Waals surface area contributed by atoms with Crippen molar-refractivity contribution < 1.29 is 5.11 Å². The summed E-state index contributed by atoms with van der Waals surface area (Å²) >= 11 is 0. The van der Waals surface area contributed by atoms with E-state index >= 15 is 0 Å². The van der Waals surface area contributed by atoms with Gasteiger partial charge in [-0.05, 0) is 115 Å². The van der Waals surface area contributed by atoms with Gasteiger partial charge < -0.3 is 5.11 Å². The van der Waals surface area contributed by atoms with E-state index in [0.717, 1.165) is 18.4 Å². The SMILES string of the molecule is CC(C)=CCC(/C=C/C(C)=C/C=C/C(C)=C/C=C/C(C)=C/C=C/C=C(C)/C=C/C=C(C)/C=C/C=C(C)/C=C/C(CC=C(C)C)C(C)(C)O)=C(C)C. The smallest absolute Gasteiger partial charge is 0.0657 e. The number of aliphatic hydroxyl groups is 1. The molecule has 1 N–H and O–H groups in total. The van der Waals surface area contributed by atoms with Crippen LogP contribution in [0.5, 0.6) is 0 Å². The lowest BCUT2D eigenvalue weighted by atomic mass is 9.87. The molecule has 1 atom stereocenters. The van der Waals surface area contributed by atoms with E-state index in [-0.39, 0.29) is 5.92 Å². The zero-order valence-corrected chi connectivity index (χ0v) is 34.6. The van der Waals surface area contributed by atoms with Crippen LogP contribution in [0.2, 0.25) is 0 Å². The van der Waals surface area contributed by atoms with Crippen molar-refractivity contribution in [3.63, 3.8) is 0 Å². The number of hydrogen-bond donors (Lipinski definition) is 1. The normalized spacial score (nSPS) is 15.6. The van der Waals surface area contributed by atoms with Crippen molar-refractivity contribution in [1.82, 2.24) is 0 Å². The topological polar surface area (TPSA) is 20.2 Å². The first-order chi connectivity index (χ1) is 23.9. The van der Waals surface area contributed by atoms with Crippen molar-refractivity contribution in [3.05, 3.63) is 189 Å². The molecule has 0 heterocycles. The second-order valence-electron chi connectivity index (χ2n) is 14.8. The van der Waals surface area contributed by atoms with Crippen LogP contribution in [0.25, 0.3) is 0 Å². The molecule has 0 aromatic heterocycles. The van der Waals surface area contributed by atoms with Crippen LogP contribution in [-0.2, 0) is 0 Å². The van der Waals surface area contributed by atoms with Gasteiger partial charge in [0.15, 0.2) is 0 Å². The minimum absolute atomic E-state index is 0.0745. The van der Waals surface area contributed by atoms with Gasteiger partial charge in [-0.3, -0.25) is 0 Å². The molecule has 0 amide bonds. The first-order valence-corrected chi connectivity index (χ1v) is 18.3. The Bertz CT molecular complexity index is 1580. The van der Waals surface area contributed by atoms with Gasteiger partial charge in [-0.25, -0.2) is 0 Å². The third-order valence-corrected chi connectivity index (χ3v) is 7.90. The van der Waals surface area contributed by atoms with E-state index in [1.807, 2.05) is 13.8 Å². The summed E-state index contributed by atoms with van der Waals surface area (Å²) in [5, 5.41) is 10.5. The zero-order valence-electron chi connectivity index (χ0n) is 34.6. The Balaban J connectivity index is 5.06. The number of allylic oxidation sites excluding steroid dienone is 31. The van der Waals surface area contributed by atoms with Gasteiger partial charge in [-0.1, -0.05) is 184 Å². The maximum Gasteiger partial charge on any atom is 0.0657 e. The van der Waals surface area contributed by atoms with Gasteiger partial charge in [0, 0.05) is 5.92 Å². The molecule has 0 aliphatic carbocycles. The standard InChI is InChI=1S/C50H70O/c1-39(2)31-35-48(41(5)6)36-33-46(11)29-19-27-44(9)25-17-23-42(7)21-15-16-22-43(8)24-18-26-45(10)28-20-30-47(12)34-38-49(50(13,14)51)37-32-40(3)4/h15-34,36,38,49,51H,35,37H2,1-14H3/b16-15+,23-17+,24-18+,27-19+,28-20+,36-33+,38-34+,42-21+,43-22+,44-25+,45-26+,46-29+,47-30+. The lowest BCUT2D eigenvalue weighted by Crippen LogP contribution is -2.29. The van der Waals surface area contributed by atoms with E-state index in [9.17, 15) is 5.11 Å². The van der Waals surface area contributed by atoms with Gasteiger partial charge in [-0.15, -0.1) is 0 Å². The van der Waals surface area contributed by atoms with E-state index in [4.69, 9.17) is 0 Å². The van der Waals surface area contributed by atoms with E-state index < -0.39 is 5.60 Å². The average molecular weight is 687 g/mol. The van der Waals surface area contributed by atoms with Crippen LogP contribution < -0.4 is 0 Å². The van der Waals surface area contributed by atoms with Crippen LogP contribution in [0.15, 0.2) is 189 Å². The van der Waals surface area contributed by atoms with Gasteiger partial charge in [0.2, 0.25) is 0 Å². The largest absolute Gasteiger partial charge is 0.390 e. The minimum atomic E-state index is -0.757. The molecule has 1 unspecified atom stereocenters. The van der Waals surface area contributed by atoms with Crippen LogP contribution in [0, 0.1) is 5.92 Å². The van der Waals surface area contributed by atoms with Gasteiger partial charge in [0.05, 0.1) is 5.60 Å². The lowest BCUT2D eigenvalue weighted by Gasteiger charge is -2.26. The summed E-state index contributed by atoms with van der Waals surface area (Å²) in [6, 6.07) is 0. The van der Waals surface area contributed by atoms with Gasteiger partial charge in [0.1, 0.15) is 0 Å². The molecule has 0 rings (SSSR count). The maximum atomic E-state index is 10.5. The monoisotopic (exact) mass is 687 g/mol. The number of rotatable bonds is 19. The quantitative estimate of drug-likeness (QED) is 0.106. The van der Waals surface area contributed by atoms with Gasteiger partial charge in [0.25, 0.3) is 0 Å². The zero-order chi connectivity index (χ0) is 38.8. The van der Waals surface area contributed by atoms with E-state index in [2.05, 4.69) is 217 Å². The second kappa shape index (κ2) is 26.6. The fourth-order valence-electron chi connectivity index (χ4n) is 4.37. The summed E-state index contributed by atoms with van der Waals surface area (Å²) in [7, 11) is 0. The van der Waals surface area contributed by atoms with Crippen LogP contribution in [0.1, 0.15) is 110 Å². The molecule has 0 aliphatic heterocycles. The van der Waals surface area contributed by atoms with Crippen LogP contribution in [0.3, 0.4) is 0 Å². The molecule has 0 bridgehead atoms. The summed E-state index contributed by atoms with van der Waals surface area (Å²) < 4.78 is 0. The van der Waals surface area contributed by atoms with Gasteiger partial charge in [-0.2, -0.15) is 0 Å². The predicted octanol–water partition coefficient (Wildman–Crippen LogP) is 15.0. The van der Waals surface area contributed by atoms with Crippen molar-refractivity contribution >= 4 is 0 Å². The molecule has 0 saturated heterocycles. The van der Waals surface area contributed by atoms with Crippen molar-refractivity contribution in [2.45, 2.75) is 115 Å². The van der Waals surface area contributed by atoms with Crippen molar-refractivity contribution in [2.75, 3.05) is 0 Å². The van der Waals surface area contributed by atoms with Crippen molar-refractivity contribution in [2.24, 2.45) is 5.92 Å². The van der Waals surface area contributed by atoms with Crippen LogP contribution >= 0.6 is 0 Å². The summed E-state index contributed by atoms with van der Waals surface area (Å²) in [6.45, 7) is 29.2. The van der Waals surface area contributed by atoms with Crippen LogP contribution in [-0.4, -0.2) is 10.7 Å². The Morgan fingerprint density at radius 3 is 1.16 bits per heavy atom. The predicted molar refractivity (Wildman–Crippen MR) is 233 cm³/mol. The molecular weight excluding hydrogens is 617 g/mol. The molecule has 1 nitrogen and oxygen atoms in total. The molecule has 0 radical (unpaired) electrons. The Morgan fingerprint density at radius 2 is 0.804 bits per heavy atom. The molecular formula is C50H70O. The first-order valence-electron chi connectivity index (χ1n) is 18.3. The molecule has 0 aliphatic rings. The Kier molecular flexibility index (Phi) is 24.4. The highest BCUT2D eigenvalue weighted by Crippen LogP contribution is 2.23. The highest BCUT2D eigenvalue weighted by Gasteiger charge is 2.23. The van der Waals surface area contributed by atoms with Gasteiger partial charge >= 0.3 is 0 Å². The van der Waals surface area contributed by atoms with E-state index in [1.165, 1.54) is 50.2 Å². The van der Waals surface area contributed by atoms with Crippen molar-refractivity contribution in [1.29, 1.82) is 0 Å². The second-order valence-corrected chi connectivity index (χ2v) is 14.8. The highest BCUT2D eigenvalue weighted by atomic mass is 16.3. The molecule has 1 heteroatoms. The Morgan fingerprint density at radius 1 is 0.451 bits per heavy atom. The summed E-state index contributed by atoms with van der Waals surface area (Å²) in [6.07, 6.45) is 48.7. The van der Waals surface area contributed by atoms with E-state index in [0.29, 0.717) is 0 Å². The average Bonchev–Trinajstić information content (AvgIpc) is 3.02. The molecule has 0 fully saturated rings. The van der Waals surface area contributed by atoms with E-state index in [1.54, 1.807) is 0 Å². The molecule has 0 aromatic rings. The molecule has 276 valence electrons. The molecule has 0 aromatic carbocycles. The molecule has 0 saturated carbocycles. The lowest BCUT2D eigenvalue weighted by molar-refractivity contribution is 0.0380. The van der Waals surface area contributed by atoms with Crippen molar-refractivity contribution in [3.8, 4) is 0 Å². The maximum absolute atomic E-state index is 10.5. The number of hydrogen-bond acceptors (Lipinski definition) is 1. The molecule has 0 spiro atoms. The highest BCUT2D eigenvalue weighted by molar-refractivity contribution is 5.35. The van der Waals surface area contributed by atoms with Crippen LogP contribution in [0.4, 0.5) is 0 Å². The molecule has 51 heavy (non-hydrogen) atoms. The summed E-state index contributed by atoms with van der Waals surface area (Å²) in [5.74, 6) is 0.0745. The third kappa shape index (κ3) is 27.2. The fraction of sp³-hybridized carbons (Fsp3) is 0.360. The summed E-state index contributed by atoms with van der Waals surface area (Å²) in [4.78, 5) is 0. The Hall–Kier alpha value is -4.20. The summed E-state index contributed by atoms with van der Waals surface area (Å²) in [5.41, 5.74) is 11.7. The third-order valence-electron chi connectivity index (χ3n) is 7.90.